The summed E-state index contributed by atoms with van der Waals surface area (Å²) in [6.45, 7) is 14.0. The van der Waals surface area contributed by atoms with Gasteiger partial charge >= 0.3 is 0 Å². The van der Waals surface area contributed by atoms with E-state index in [1.165, 1.54) is 0 Å². The van der Waals surface area contributed by atoms with Crippen molar-refractivity contribution in [1.82, 2.24) is 9.71 Å². The first-order valence-electron chi connectivity index (χ1n) is 7.18. The summed E-state index contributed by atoms with van der Waals surface area (Å²) >= 11 is 0. The molecule has 0 amide bonds. The molecule has 1 unspecified atom stereocenters. The summed E-state index contributed by atoms with van der Waals surface area (Å²) in [6, 6.07) is 4.10. The van der Waals surface area contributed by atoms with Crippen molar-refractivity contribution in [2.75, 3.05) is 18.0 Å². The zero-order valence-electron chi connectivity index (χ0n) is 13.4. The topological polar surface area (TPSA) is 45.2 Å². The van der Waals surface area contributed by atoms with Crippen molar-refractivity contribution in [1.29, 1.82) is 0 Å². The van der Waals surface area contributed by atoms with Gasteiger partial charge in [0.1, 0.15) is 5.82 Å². The van der Waals surface area contributed by atoms with Crippen LogP contribution in [0.25, 0.3) is 0 Å². The van der Waals surface area contributed by atoms with Crippen molar-refractivity contribution < 1.29 is 4.21 Å². The van der Waals surface area contributed by atoms with Gasteiger partial charge in [0.15, 0.2) is 0 Å². The van der Waals surface area contributed by atoms with Gasteiger partial charge in [-0.2, -0.15) is 0 Å². The SMILES string of the molecule is CCN(CC)c1ccc([C@H](C)NS(=O)C(C)(C)C)cn1. The lowest BCUT2D eigenvalue weighted by atomic mass is 10.1. The van der Waals surface area contributed by atoms with Crippen LogP contribution in [-0.4, -0.2) is 27.0 Å². The lowest BCUT2D eigenvalue weighted by Gasteiger charge is -2.23. The van der Waals surface area contributed by atoms with Crippen molar-refractivity contribution >= 4 is 16.8 Å². The number of aromatic nitrogens is 1. The highest BCUT2D eigenvalue weighted by Crippen LogP contribution is 2.18. The number of nitrogens with zero attached hydrogens (tertiary/aromatic N) is 2. The predicted octanol–water partition coefficient (Wildman–Crippen LogP) is 3.04. The standard InChI is InChI=1S/C15H27N3OS/c1-7-18(8-2)14-10-9-13(11-16-14)12(3)17-20(19)15(4,5)6/h9-12,17H,7-8H2,1-6H3/t12-,20?/m0/s1. The Labute approximate surface area is 125 Å². The number of nitrogens with one attached hydrogen (secondary N) is 1. The van der Waals surface area contributed by atoms with E-state index < -0.39 is 11.0 Å². The molecule has 0 aliphatic carbocycles. The monoisotopic (exact) mass is 297 g/mol. The Morgan fingerprint density at radius 2 is 1.90 bits per heavy atom. The molecule has 2 atom stereocenters. The third kappa shape index (κ3) is 4.56. The van der Waals surface area contributed by atoms with E-state index in [4.69, 9.17) is 0 Å². The van der Waals surface area contributed by atoms with E-state index in [1.807, 2.05) is 40.0 Å². The van der Waals surface area contributed by atoms with Gasteiger partial charge in [-0.25, -0.2) is 13.9 Å². The second-order valence-electron chi connectivity index (χ2n) is 5.84. The van der Waals surface area contributed by atoms with Crippen LogP contribution in [0.2, 0.25) is 0 Å². The molecule has 1 aromatic rings. The maximum atomic E-state index is 12.1. The molecule has 0 saturated heterocycles. The minimum Gasteiger partial charge on any atom is -0.357 e. The zero-order chi connectivity index (χ0) is 15.3. The second-order valence-corrected chi connectivity index (χ2v) is 7.84. The molecular formula is C15H27N3OS. The number of rotatable bonds is 6. The number of hydrogen-bond acceptors (Lipinski definition) is 3. The highest BCUT2D eigenvalue weighted by molar-refractivity contribution is 7.84. The molecule has 114 valence electrons. The van der Waals surface area contributed by atoms with Gasteiger partial charge in [-0.15, -0.1) is 0 Å². The van der Waals surface area contributed by atoms with Crippen LogP contribution in [0.1, 0.15) is 53.1 Å². The molecule has 5 heteroatoms. The molecule has 0 saturated carbocycles. The Kier molecular flexibility index (Phi) is 6.14. The molecule has 20 heavy (non-hydrogen) atoms. The fraction of sp³-hybridized carbons (Fsp3) is 0.667. The fourth-order valence-corrected chi connectivity index (χ4v) is 2.60. The van der Waals surface area contributed by atoms with Crippen LogP contribution in [0.4, 0.5) is 5.82 Å². The molecule has 0 fully saturated rings. The Morgan fingerprint density at radius 3 is 2.30 bits per heavy atom. The molecule has 0 radical (unpaired) electrons. The third-order valence-electron chi connectivity index (χ3n) is 3.20. The van der Waals surface area contributed by atoms with Gasteiger partial charge < -0.3 is 4.90 Å². The average Bonchev–Trinajstić information content (AvgIpc) is 2.39. The van der Waals surface area contributed by atoms with Gasteiger partial charge in [0.25, 0.3) is 0 Å². The van der Waals surface area contributed by atoms with Gasteiger partial charge in [-0.3, -0.25) is 0 Å². The Balaban J connectivity index is 2.76. The van der Waals surface area contributed by atoms with Crippen LogP contribution < -0.4 is 9.62 Å². The molecule has 0 aliphatic heterocycles. The zero-order valence-corrected chi connectivity index (χ0v) is 14.3. The molecular weight excluding hydrogens is 270 g/mol. The average molecular weight is 297 g/mol. The predicted molar refractivity (Wildman–Crippen MR) is 87.2 cm³/mol. The first-order valence-corrected chi connectivity index (χ1v) is 8.33. The van der Waals surface area contributed by atoms with Crippen LogP contribution in [0.15, 0.2) is 18.3 Å². The van der Waals surface area contributed by atoms with Gasteiger partial charge in [-0.1, -0.05) is 6.07 Å². The summed E-state index contributed by atoms with van der Waals surface area (Å²) < 4.78 is 15.0. The second kappa shape index (κ2) is 7.18. The summed E-state index contributed by atoms with van der Waals surface area (Å²) in [5.74, 6) is 0.989. The molecule has 0 aromatic carbocycles. The molecule has 0 aliphatic rings. The molecule has 1 rings (SSSR count). The molecule has 0 bridgehead atoms. The van der Waals surface area contributed by atoms with Gasteiger partial charge in [0, 0.05) is 25.3 Å². The third-order valence-corrected chi connectivity index (χ3v) is 4.88. The van der Waals surface area contributed by atoms with Crippen LogP contribution in [0.3, 0.4) is 0 Å². The van der Waals surface area contributed by atoms with E-state index in [0.717, 1.165) is 24.5 Å². The van der Waals surface area contributed by atoms with Gasteiger partial charge in [-0.05, 0) is 53.2 Å². The quantitative estimate of drug-likeness (QED) is 0.878. The number of pyridine rings is 1. The lowest BCUT2D eigenvalue weighted by molar-refractivity contribution is 0.615. The molecule has 1 aromatic heterocycles. The molecule has 1 N–H and O–H groups in total. The van der Waals surface area contributed by atoms with Crippen molar-refractivity contribution in [2.24, 2.45) is 0 Å². The van der Waals surface area contributed by atoms with E-state index >= 15 is 0 Å². The molecule has 0 spiro atoms. The summed E-state index contributed by atoms with van der Waals surface area (Å²) in [5, 5.41) is 0. The molecule has 4 nitrogen and oxygen atoms in total. The lowest BCUT2D eigenvalue weighted by Crippen LogP contribution is -2.34. The summed E-state index contributed by atoms with van der Waals surface area (Å²) in [4.78, 5) is 6.70. The van der Waals surface area contributed by atoms with Crippen LogP contribution in [0.5, 0.6) is 0 Å². The van der Waals surface area contributed by atoms with Crippen LogP contribution in [-0.2, 0) is 11.0 Å². The Bertz CT molecular complexity index is 435. The fourth-order valence-electron chi connectivity index (χ4n) is 1.79. The number of anilines is 1. The minimum atomic E-state index is -1.07. The summed E-state index contributed by atoms with van der Waals surface area (Å²) in [5.41, 5.74) is 1.05. The van der Waals surface area contributed by atoms with Crippen molar-refractivity contribution in [3.8, 4) is 0 Å². The minimum absolute atomic E-state index is 0.0216. The number of hydrogen-bond donors (Lipinski definition) is 1. The van der Waals surface area contributed by atoms with Crippen LogP contribution in [0, 0.1) is 0 Å². The van der Waals surface area contributed by atoms with E-state index in [-0.39, 0.29) is 10.8 Å². The van der Waals surface area contributed by atoms with Crippen molar-refractivity contribution in [3.63, 3.8) is 0 Å². The van der Waals surface area contributed by atoms with Crippen molar-refractivity contribution in [2.45, 2.75) is 52.3 Å². The van der Waals surface area contributed by atoms with E-state index in [1.54, 1.807) is 0 Å². The largest absolute Gasteiger partial charge is 0.357 e. The highest BCUT2D eigenvalue weighted by atomic mass is 32.2. The van der Waals surface area contributed by atoms with E-state index in [9.17, 15) is 4.21 Å². The Morgan fingerprint density at radius 1 is 1.30 bits per heavy atom. The van der Waals surface area contributed by atoms with E-state index in [0.29, 0.717) is 0 Å². The Hall–Kier alpha value is -0.940. The first kappa shape index (κ1) is 17.1. The molecule has 1 heterocycles. The smallest absolute Gasteiger partial charge is 0.128 e. The van der Waals surface area contributed by atoms with Gasteiger partial charge in [0.05, 0.1) is 15.7 Å². The highest BCUT2D eigenvalue weighted by Gasteiger charge is 2.21. The maximum Gasteiger partial charge on any atom is 0.128 e. The van der Waals surface area contributed by atoms with E-state index in [2.05, 4.69) is 34.5 Å². The summed E-state index contributed by atoms with van der Waals surface area (Å²) in [6.07, 6.45) is 1.87. The van der Waals surface area contributed by atoms with Crippen LogP contribution >= 0.6 is 0 Å². The normalized spacial score (nSPS) is 14.9. The summed E-state index contributed by atoms with van der Waals surface area (Å²) in [7, 11) is -1.07. The van der Waals surface area contributed by atoms with Gasteiger partial charge in [0.2, 0.25) is 0 Å². The van der Waals surface area contributed by atoms with Crippen molar-refractivity contribution in [3.05, 3.63) is 23.9 Å². The maximum absolute atomic E-state index is 12.1. The first-order chi connectivity index (χ1) is 9.29.